The molecule has 0 saturated carbocycles. The zero-order valence-corrected chi connectivity index (χ0v) is 27.7. The van der Waals surface area contributed by atoms with Crippen molar-refractivity contribution in [1.82, 2.24) is 14.5 Å². The van der Waals surface area contributed by atoms with E-state index < -0.39 is 0 Å². The molecular weight excluding hydrogens is 627 g/mol. The third kappa shape index (κ3) is 3.91. The van der Waals surface area contributed by atoms with E-state index in [0.717, 1.165) is 50.0 Å². The highest BCUT2D eigenvalue weighted by Crippen LogP contribution is 2.48. The van der Waals surface area contributed by atoms with Crippen LogP contribution < -0.4 is 0 Å². The van der Waals surface area contributed by atoms with Gasteiger partial charge in [0.25, 0.3) is 0 Å². The Morgan fingerprint density at radius 1 is 0.460 bits per heavy atom. The van der Waals surface area contributed by atoms with Crippen LogP contribution in [0.2, 0.25) is 0 Å². The lowest BCUT2D eigenvalue weighted by Crippen LogP contribution is -1.97. The van der Waals surface area contributed by atoms with Crippen LogP contribution in [0.4, 0.5) is 0 Å². The second-order valence-corrected chi connectivity index (χ2v) is 14.0. The monoisotopic (exact) mass is 653 g/mol. The van der Waals surface area contributed by atoms with E-state index in [0.29, 0.717) is 0 Å². The van der Waals surface area contributed by atoms with E-state index in [2.05, 4.69) is 156 Å². The molecule has 11 rings (SSSR count). The predicted octanol–water partition coefficient (Wildman–Crippen LogP) is 12.7. The molecule has 4 heteroatoms. The topological polar surface area (TPSA) is 30.7 Å². The molecule has 0 aliphatic heterocycles. The first kappa shape index (κ1) is 27.6. The van der Waals surface area contributed by atoms with Crippen molar-refractivity contribution in [2.75, 3.05) is 0 Å². The van der Waals surface area contributed by atoms with E-state index in [-0.39, 0.29) is 0 Å². The van der Waals surface area contributed by atoms with Gasteiger partial charge in [-0.2, -0.15) is 0 Å². The Labute approximate surface area is 291 Å². The summed E-state index contributed by atoms with van der Waals surface area (Å²) in [5, 5.41) is 10.0. The molecule has 0 fully saturated rings. The first-order chi connectivity index (χ1) is 24.8. The molecule has 0 N–H and O–H groups in total. The minimum absolute atomic E-state index is 0.888. The van der Waals surface area contributed by atoms with E-state index in [9.17, 15) is 0 Å². The molecule has 3 aromatic heterocycles. The van der Waals surface area contributed by atoms with Crippen molar-refractivity contribution in [1.29, 1.82) is 0 Å². The molecule has 50 heavy (non-hydrogen) atoms. The summed E-state index contributed by atoms with van der Waals surface area (Å²) < 4.78 is 5.11. The Balaban J connectivity index is 1.22. The molecule has 0 unspecified atom stereocenters. The summed E-state index contributed by atoms with van der Waals surface area (Å²) in [7, 11) is 0. The average molecular weight is 654 g/mol. The van der Waals surface area contributed by atoms with Crippen molar-refractivity contribution in [3.63, 3.8) is 0 Å². The van der Waals surface area contributed by atoms with Gasteiger partial charge in [-0.1, -0.05) is 133 Å². The maximum Gasteiger partial charge on any atom is 0.0973 e. The number of hydrogen-bond donors (Lipinski definition) is 0. The molecule has 3 nitrogen and oxygen atoms in total. The predicted molar refractivity (Wildman–Crippen MR) is 213 cm³/mol. The smallest absolute Gasteiger partial charge is 0.0973 e. The summed E-state index contributed by atoms with van der Waals surface area (Å²) in [5.74, 6) is 0. The van der Waals surface area contributed by atoms with Crippen LogP contribution in [0.3, 0.4) is 0 Å². The summed E-state index contributed by atoms with van der Waals surface area (Å²) in [6, 6.07) is 58.5. The number of aromatic nitrogens is 3. The van der Waals surface area contributed by atoms with Crippen LogP contribution in [-0.4, -0.2) is 14.5 Å². The molecule has 0 amide bonds. The normalized spacial score (nSPS) is 12.0. The third-order valence-electron chi connectivity index (χ3n) is 10.1. The number of thiophene rings is 1. The maximum atomic E-state index is 5.37. The van der Waals surface area contributed by atoms with E-state index >= 15 is 0 Å². The largest absolute Gasteiger partial charge is 0.308 e. The zero-order valence-electron chi connectivity index (χ0n) is 26.8. The van der Waals surface area contributed by atoms with E-state index in [4.69, 9.17) is 9.97 Å². The molecule has 0 spiro atoms. The highest BCUT2D eigenvalue weighted by atomic mass is 32.1. The van der Waals surface area contributed by atoms with Gasteiger partial charge in [-0.05, 0) is 46.5 Å². The summed E-state index contributed by atoms with van der Waals surface area (Å²) in [6.45, 7) is 0. The van der Waals surface area contributed by atoms with Gasteiger partial charge in [-0.25, -0.2) is 9.97 Å². The van der Waals surface area contributed by atoms with E-state index in [1.54, 1.807) is 0 Å². The Kier molecular flexibility index (Phi) is 5.83. The summed E-state index contributed by atoms with van der Waals surface area (Å²) in [4.78, 5) is 10.6. The fraction of sp³-hybridized carbons (Fsp3) is 0. The van der Waals surface area contributed by atoms with Gasteiger partial charge >= 0.3 is 0 Å². The minimum atomic E-state index is 0.888. The maximum absolute atomic E-state index is 5.37. The van der Waals surface area contributed by atoms with Gasteiger partial charge in [0, 0.05) is 48.4 Å². The van der Waals surface area contributed by atoms with Crippen LogP contribution in [0.25, 0.3) is 103 Å². The summed E-state index contributed by atoms with van der Waals surface area (Å²) in [5.41, 5.74) is 9.30. The Hall–Kier alpha value is -6.36. The van der Waals surface area contributed by atoms with Gasteiger partial charge in [-0.3, -0.25) is 0 Å². The molecular formula is C46H27N3S. The van der Waals surface area contributed by atoms with Gasteiger partial charge in [0.05, 0.1) is 38.2 Å². The molecule has 0 aliphatic rings. The van der Waals surface area contributed by atoms with Crippen molar-refractivity contribution < 1.29 is 0 Å². The first-order valence-corrected chi connectivity index (χ1v) is 17.7. The molecule has 8 aromatic carbocycles. The summed E-state index contributed by atoms with van der Waals surface area (Å²) >= 11 is 1.90. The van der Waals surface area contributed by atoms with Crippen molar-refractivity contribution in [2.45, 2.75) is 0 Å². The average Bonchev–Trinajstić information content (AvgIpc) is 3.75. The molecule has 0 aliphatic carbocycles. The van der Waals surface area contributed by atoms with Crippen molar-refractivity contribution >= 4 is 85.9 Å². The van der Waals surface area contributed by atoms with Gasteiger partial charge in [0.1, 0.15) is 0 Å². The number of benzene rings is 8. The molecule has 0 atom stereocenters. The molecule has 232 valence electrons. The number of hydrogen-bond acceptors (Lipinski definition) is 3. The van der Waals surface area contributed by atoms with Crippen LogP contribution in [0.5, 0.6) is 0 Å². The molecule has 11 aromatic rings. The fourth-order valence-corrected chi connectivity index (χ4v) is 9.22. The van der Waals surface area contributed by atoms with Crippen LogP contribution in [-0.2, 0) is 0 Å². The first-order valence-electron chi connectivity index (χ1n) is 16.9. The molecule has 0 radical (unpaired) electrons. The minimum Gasteiger partial charge on any atom is -0.308 e. The lowest BCUT2D eigenvalue weighted by molar-refractivity contribution is 1.19. The number of rotatable bonds is 3. The van der Waals surface area contributed by atoms with Crippen molar-refractivity contribution in [2.24, 2.45) is 0 Å². The van der Waals surface area contributed by atoms with Gasteiger partial charge < -0.3 is 4.57 Å². The lowest BCUT2D eigenvalue weighted by atomic mass is 9.99. The zero-order chi connectivity index (χ0) is 32.8. The molecule has 0 saturated heterocycles. The number of nitrogens with zero attached hydrogens (tertiary/aromatic N) is 3. The Morgan fingerprint density at radius 3 is 1.84 bits per heavy atom. The highest BCUT2D eigenvalue weighted by molar-refractivity contribution is 7.27. The SMILES string of the molecule is c1ccc(-c2nc3ccc4cc(-n5c6ccccc6c6c7ccccc7c7c8ccccc8sc7c65)ccc4c3nc2-c2ccccc2)cc1. The van der Waals surface area contributed by atoms with Gasteiger partial charge in [-0.15, -0.1) is 11.3 Å². The van der Waals surface area contributed by atoms with Crippen LogP contribution in [0, 0.1) is 0 Å². The van der Waals surface area contributed by atoms with Gasteiger partial charge in [0.2, 0.25) is 0 Å². The number of para-hydroxylation sites is 1. The quantitative estimate of drug-likeness (QED) is 0.178. The molecule has 0 bridgehead atoms. The van der Waals surface area contributed by atoms with E-state index in [1.807, 2.05) is 23.5 Å². The standard InChI is InChI=1S/C46H27N3S/c1-3-13-28(14-4-1)42-43(29-15-5-2-6-16-29)48-44-32-25-24-31(27-30(32)23-26-37(44)47-42)49-38-21-11-9-19-35(38)40-33-17-7-8-18-34(33)41-36-20-10-12-22-39(36)50-46(41)45(40)49/h1-27H. The fourth-order valence-electron chi connectivity index (χ4n) is 7.96. The highest BCUT2D eigenvalue weighted by Gasteiger charge is 2.22. The van der Waals surface area contributed by atoms with E-state index in [1.165, 1.54) is 52.8 Å². The Morgan fingerprint density at radius 2 is 1.08 bits per heavy atom. The van der Waals surface area contributed by atoms with Crippen LogP contribution in [0.15, 0.2) is 164 Å². The molecule has 3 heterocycles. The van der Waals surface area contributed by atoms with Crippen molar-refractivity contribution in [3.05, 3.63) is 164 Å². The third-order valence-corrected chi connectivity index (χ3v) is 11.3. The van der Waals surface area contributed by atoms with Gasteiger partial charge in [0.15, 0.2) is 0 Å². The second kappa shape index (κ2) is 10.6. The van der Waals surface area contributed by atoms with Crippen LogP contribution >= 0.6 is 11.3 Å². The van der Waals surface area contributed by atoms with Crippen LogP contribution in [0.1, 0.15) is 0 Å². The second-order valence-electron chi connectivity index (χ2n) is 12.9. The Bertz CT molecular complexity index is 3140. The van der Waals surface area contributed by atoms with Crippen molar-refractivity contribution in [3.8, 4) is 28.2 Å². The number of fused-ring (bicyclic) bond motifs is 13. The lowest BCUT2D eigenvalue weighted by Gasteiger charge is -2.14. The summed E-state index contributed by atoms with van der Waals surface area (Å²) in [6.07, 6.45) is 0.